The second kappa shape index (κ2) is 4.07. The average molecular weight is 236 g/mol. The minimum atomic E-state index is 0.713. The van der Waals surface area contributed by atoms with Gasteiger partial charge in [-0.05, 0) is 37.6 Å². The topological polar surface area (TPSA) is 29.3 Å². The van der Waals surface area contributed by atoms with E-state index in [2.05, 4.69) is 14.7 Å². The molecule has 3 nitrogen and oxygen atoms in total. The average Bonchev–Trinajstić information content (AvgIpc) is 2.90. The number of fused-ring (bicyclic) bond motifs is 1. The molecule has 2 aromatic rings. The van der Waals surface area contributed by atoms with Crippen molar-refractivity contribution in [1.29, 1.82) is 0 Å². The van der Waals surface area contributed by atoms with Crippen molar-refractivity contribution in [1.82, 2.24) is 14.7 Å². The van der Waals surface area contributed by atoms with Gasteiger partial charge in [-0.1, -0.05) is 11.6 Å². The molecule has 1 atom stereocenters. The maximum atomic E-state index is 6.00. The Balaban J connectivity index is 1.93. The molecule has 1 aliphatic rings. The molecule has 1 aliphatic heterocycles. The van der Waals surface area contributed by atoms with E-state index in [1.165, 1.54) is 6.42 Å². The zero-order valence-corrected chi connectivity index (χ0v) is 9.74. The van der Waals surface area contributed by atoms with Gasteiger partial charge in [0, 0.05) is 12.6 Å². The van der Waals surface area contributed by atoms with Crippen LogP contribution in [0.4, 0.5) is 0 Å². The Bertz CT molecular complexity index is 500. The third-order valence-corrected chi connectivity index (χ3v) is 3.43. The van der Waals surface area contributed by atoms with Crippen molar-refractivity contribution in [3.63, 3.8) is 0 Å². The van der Waals surface area contributed by atoms with Gasteiger partial charge in [0.05, 0.1) is 16.7 Å². The van der Waals surface area contributed by atoms with E-state index in [0.717, 1.165) is 35.9 Å². The van der Waals surface area contributed by atoms with Crippen molar-refractivity contribution >= 4 is 17.1 Å². The van der Waals surface area contributed by atoms with Crippen LogP contribution in [0.25, 0.3) is 5.52 Å². The largest absolute Gasteiger partial charge is 0.316 e. The number of pyridine rings is 1. The first-order valence-electron chi connectivity index (χ1n) is 5.65. The first-order valence-corrected chi connectivity index (χ1v) is 6.03. The lowest BCUT2D eigenvalue weighted by Gasteiger charge is -2.07. The fourth-order valence-corrected chi connectivity index (χ4v) is 2.48. The molecule has 84 valence electrons. The summed E-state index contributed by atoms with van der Waals surface area (Å²) in [4.78, 5) is 4.48. The Labute approximate surface area is 99.4 Å². The SMILES string of the molecule is Clc1ccc2cnc(CC3CCNC3)n2c1. The van der Waals surface area contributed by atoms with Crippen LogP contribution in [0.1, 0.15) is 12.2 Å². The van der Waals surface area contributed by atoms with Gasteiger partial charge in [-0.2, -0.15) is 0 Å². The molecule has 3 rings (SSSR count). The third kappa shape index (κ3) is 1.81. The predicted octanol–water partition coefficient (Wildman–Crippen LogP) is 2.14. The Kier molecular flexibility index (Phi) is 2.58. The zero-order valence-electron chi connectivity index (χ0n) is 8.99. The van der Waals surface area contributed by atoms with E-state index < -0.39 is 0 Å². The van der Waals surface area contributed by atoms with Crippen molar-refractivity contribution < 1.29 is 0 Å². The van der Waals surface area contributed by atoms with Crippen LogP contribution in [0.5, 0.6) is 0 Å². The maximum Gasteiger partial charge on any atom is 0.113 e. The number of nitrogens with one attached hydrogen (secondary N) is 1. The van der Waals surface area contributed by atoms with Crippen molar-refractivity contribution in [2.75, 3.05) is 13.1 Å². The highest BCUT2D eigenvalue weighted by Crippen LogP contribution is 2.18. The highest BCUT2D eigenvalue weighted by atomic mass is 35.5. The van der Waals surface area contributed by atoms with Gasteiger partial charge in [0.15, 0.2) is 0 Å². The minimum Gasteiger partial charge on any atom is -0.316 e. The normalized spacial score (nSPS) is 20.7. The molecule has 1 N–H and O–H groups in total. The monoisotopic (exact) mass is 235 g/mol. The van der Waals surface area contributed by atoms with Crippen molar-refractivity contribution in [2.45, 2.75) is 12.8 Å². The Morgan fingerprint density at radius 1 is 1.50 bits per heavy atom. The van der Waals surface area contributed by atoms with E-state index in [1.54, 1.807) is 0 Å². The fraction of sp³-hybridized carbons (Fsp3) is 0.417. The molecule has 0 aliphatic carbocycles. The van der Waals surface area contributed by atoms with Gasteiger partial charge >= 0.3 is 0 Å². The van der Waals surface area contributed by atoms with Crippen LogP contribution in [-0.4, -0.2) is 22.5 Å². The Morgan fingerprint density at radius 2 is 2.44 bits per heavy atom. The fourth-order valence-electron chi connectivity index (χ4n) is 2.32. The smallest absolute Gasteiger partial charge is 0.113 e. The highest BCUT2D eigenvalue weighted by Gasteiger charge is 2.17. The number of nitrogens with zero attached hydrogens (tertiary/aromatic N) is 2. The molecule has 0 amide bonds. The van der Waals surface area contributed by atoms with Gasteiger partial charge in [-0.3, -0.25) is 0 Å². The minimum absolute atomic E-state index is 0.713. The van der Waals surface area contributed by atoms with Gasteiger partial charge in [0.1, 0.15) is 5.82 Å². The first kappa shape index (κ1) is 10.1. The number of aromatic nitrogens is 2. The Morgan fingerprint density at radius 3 is 3.25 bits per heavy atom. The van der Waals surface area contributed by atoms with E-state index in [0.29, 0.717) is 5.92 Å². The first-order chi connectivity index (χ1) is 7.83. The summed E-state index contributed by atoms with van der Waals surface area (Å²) >= 11 is 6.00. The second-order valence-corrected chi connectivity index (χ2v) is 4.82. The molecule has 1 fully saturated rings. The summed E-state index contributed by atoms with van der Waals surface area (Å²) in [7, 11) is 0. The van der Waals surface area contributed by atoms with Gasteiger partial charge in [0.25, 0.3) is 0 Å². The van der Waals surface area contributed by atoms with Gasteiger partial charge in [0.2, 0.25) is 0 Å². The molecule has 3 heterocycles. The number of hydrogen-bond donors (Lipinski definition) is 1. The van der Waals surface area contributed by atoms with Gasteiger partial charge in [-0.25, -0.2) is 4.98 Å². The summed E-state index contributed by atoms with van der Waals surface area (Å²) in [6.07, 6.45) is 6.13. The van der Waals surface area contributed by atoms with Crippen LogP contribution in [0.15, 0.2) is 24.5 Å². The third-order valence-electron chi connectivity index (χ3n) is 3.20. The van der Waals surface area contributed by atoms with Gasteiger partial charge in [-0.15, -0.1) is 0 Å². The van der Waals surface area contributed by atoms with Crippen LogP contribution in [0.3, 0.4) is 0 Å². The molecule has 0 aromatic carbocycles. The summed E-state index contributed by atoms with van der Waals surface area (Å²) in [5.41, 5.74) is 1.12. The molecular weight excluding hydrogens is 222 g/mol. The van der Waals surface area contributed by atoms with E-state index in [1.807, 2.05) is 24.5 Å². The van der Waals surface area contributed by atoms with Crippen LogP contribution < -0.4 is 5.32 Å². The predicted molar refractivity (Wildman–Crippen MR) is 64.9 cm³/mol. The number of imidazole rings is 1. The lowest BCUT2D eigenvalue weighted by Crippen LogP contribution is -2.12. The molecule has 1 saturated heterocycles. The molecule has 16 heavy (non-hydrogen) atoms. The zero-order chi connectivity index (χ0) is 11.0. The van der Waals surface area contributed by atoms with Crippen LogP contribution in [0, 0.1) is 5.92 Å². The summed E-state index contributed by atoms with van der Waals surface area (Å²) < 4.78 is 2.10. The molecular formula is C12H14ClN3. The molecule has 2 aromatic heterocycles. The highest BCUT2D eigenvalue weighted by molar-refractivity contribution is 6.30. The van der Waals surface area contributed by atoms with E-state index in [9.17, 15) is 0 Å². The van der Waals surface area contributed by atoms with Crippen LogP contribution >= 0.6 is 11.6 Å². The van der Waals surface area contributed by atoms with Gasteiger partial charge < -0.3 is 9.72 Å². The van der Waals surface area contributed by atoms with E-state index >= 15 is 0 Å². The Hall–Kier alpha value is -1.06. The van der Waals surface area contributed by atoms with Crippen molar-refractivity contribution in [3.8, 4) is 0 Å². The number of rotatable bonds is 2. The summed E-state index contributed by atoms with van der Waals surface area (Å²) in [5.74, 6) is 1.83. The summed E-state index contributed by atoms with van der Waals surface area (Å²) in [6, 6.07) is 3.91. The summed E-state index contributed by atoms with van der Waals surface area (Å²) in [6.45, 7) is 2.24. The van der Waals surface area contributed by atoms with E-state index in [4.69, 9.17) is 11.6 Å². The van der Waals surface area contributed by atoms with E-state index in [-0.39, 0.29) is 0 Å². The molecule has 0 bridgehead atoms. The maximum absolute atomic E-state index is 6.00. The quantitative estimate of drug-likeness (QED) is 0.864. The van der Waals surface area contributed by atoms with Crippen LogP contribution in [0.2, 0.25) is 5.02 Å². The van der Waals surface area contributed by atoms with Crippen molar-refractivity contribution in [3.05, 3.63) is 35.4 Å². The molecule has 1 unspecified atom stereocenters. The lowest BCUT2D eigenvalue weighted by molar-refractivity contribution is 0.560. The molecule has 0 saturated carbocycles. The standard InChI is InChI=1S/C12H14ClN3/c13-10-1-2-11-7-15-12(16(11)8-10)5-9-3-4-14-6-9/h1-2,7-9,14H,3-6H2. The van der Waals surface area contributed by atoms with Crippen molar-refractivity contribution in [2.24, 2.45) is 5.92 Å². The second-order valence-electron chi connectivity index (χ2n) is 4.38. The molecule has 0 radical (unpaired) electrons. The van der Waals surface area contributed by atoms with Crippen LogP contribution in [-0.2, 0) is 6.42 Å². The molecule has 0 spiro atoms. The summed E-state index contributed by atoms with van der Waals surface area (Å²) in [5, 5.41) is 4.14. The number of halogens is 1. The lowest BCUT2D eigenvalue weighted by atomic mass is 10.1. The number of hydrogen-bond acceptors (Lipinski definition) is 2. The molecule has 4 heteroatoms.